The van der Waals surface area contributed by atoms with E-state index in [4.69, 9.17) is 19.2 Å². The molecule has 1 saturated heterocycles. The van der Waals surface area contributed by atoms with E-state index in [9.17, 15) is 4.79 Å². The summed E-state index contributed by atoms with van der Waals surface area (Å²) in [6.45, 7) is 17.0. The van der Waals surface area contributed by atoms with Crippen molar-refractivity contribution in [2.75, 3.05) is 26.4 Å². The number of nitrogens with zero attached hydrogens (tertiary/aromatic N) is 1. The fraction of sp³-hybridized carbons (Fsp3) is 0.674. The van der Waals surface area contributed by atoms with Crippen LogP contribution in [0, 0.1) is 25.7 Å². The van der Waals surface area contributed by atoms with Gasteiger partial charge in [0.1, 0.15) is 14.2 Å². The Morgan fingerprint density at radius 2 is 1.43 bits per heavy atom. The summed E-state index contributed by atoms with van der Waals surface area (Å²) in [5.74, 6) is 1.31. The zero-order valence-corrected chi connectivity index (χ0v) is 37.5. The Bertz CT molecular complexity index is 1750. The molecule has 53 heavy (non-hydrogen) atoms. The molecule has 0 radical (unpaired) electrons. The first-order valence-electron chi connectivity index (χ1n) is 20.8. The van der Waals surface area contributed by atoms with E-state index in [-0.39, 0.29) is 5.97 Å². The van der Waals surface area contributed by atoms with Gasteiger partial charge in [-0.05, 0) is 73.1 Å². The first kappa shape index (κ1) is 41.2. The van der Waals surface area contributed by atoms with Crippen molar-refractivity contribution in [2.24, 2.45) is 11.8 Å². The number of epoxide rings is 1. The van der Waals surface area contributed by atoms with Crippen LogP contribution < -0.4 is 10.4 Å². The minimum atomic E-state index is -2.01. The molecule has 0 saturated carbocycles. The Morgan fingerprint density at radius 3 is 2.08 bits per heavy atom. The van der Waals surface area contributed by atoms with Crippen LogP contribution in [0.15, 0.2) is 12.1 Å². The maximum Gasteiger partial charge on any atom is 0.367 e. The van der Waals surface area contributed by atoms with Crippen LogP contribution in [-0.2, 0) is 14.2 Å². The van der Waals surface area contributed by atoms with Crippen molar-refractivity contribution in [3.8, 4) is 19.5 Å². The number of thiazole rings is 1. The van der Waals surface area contributed by atoms with E-state index in [2.05, 4.69) is 53.7 Å². The van der Waals surface area contributed by atoms with Crippen LogP contribution in [0.3, 0.4) is 0 Å². The molecule has 4 aromatic rings. The minimum Gasteiger partial charge on any atom is -0.460 e. The average Bonchev–Trinajstić information content (AvgIpc) is 3.45. The number of rotatable bonds is 25. The normalized spacial score (nSPS) is 18.8. The molecule has 0 N–H and O–H groups in total. The second-order valence-corrected chi connectivity index (χ2v) is 24.3. The molecule has 0 aromatic carbocycles. The number of unbranched alkanes of at least 4 members (excludes halogenated alkanes) is 7. The molecule has 292 valence electrons. The molecule has 0 amide bonds. The van der Waals surface area contributed by atoms with Gasteiger partial charge < -0.3 is 14.2 Å². The lowest BCUT2D eigenvalue weighted by atomic mass is 10.0. The molecular weight excluding hydrogens is 751 g/mol. The van der Waals surface area contributed by atoms with Crippen molar-refractivity contribution in [3.05, 3.63) is 26.9 Å². The summed E-state index contributed by atoms with van der Waals surface area (Å²) in [5.41, 5.74) is 0.983. The van der Waals surface area contributed by atoms with Gasteiger partial charge >= 0.3 is 5.97 Å². The van der Waals surface area contributed by atoms with Gasteiger partial charge in [0.25, 0.3) is 0 Å². The zero-order chi connectivity index (χ0) is 37.4. The predicted molar refractivity (Wildman–Crippen MR) is 233 cm³/mol. The van der Waals surface area contributed by atoms with Gasteiger partial charge in [-0.2, -0.15) is 0 Å². The fourth-order valence-electron chi connectivity index (χ4n) is 8.43. The Hall–Kier alpha value is -1.40. The lowest BCUT2D eigenvalue weighted by Gasteiger charge is -2.35. The summed E-state index contributed by atoms with van der Waals surface area (Å²) >= 11 is 7.46. The molecule has 3 atom stereocenters. The van der Waals surface area contributed by atoms with Crippen LogP contribution in [-0.4, -0.2) is 51.6 Å². The summed E-state index contributed by atoms with van der Waals surface area (Å²) in [4.78, 5) is 26.6. The van der Waals surface area contributed by atoms with Gasteiger partial charge in [-0.15, -0.1) is 45.3 Å². The molecule has 5 nitrogen and oxygen atoms in total. The quantitative estimate of drug-likeness (QED) is 0.0289. The molecule has 0 spiro atoms. The Balaban J connectivity index is 1.18. The Labute approximate surface area is 336 Å². The molecule has 0 bridgehead atoms. The second kappa shape index (κ2) is 19.6. The van der Waals surface area contributed by atoms with E-state index in [1.54, 1.807) is 20.1 Å². The number of thiophene rings is 3. The summed E-state index contributed by atoms with van der Waals surface area (Å²) < 4.78 is 17.7. The van der Waals surface area contributed by atoms with Crippen LogP contribution >= 0.6 is 45.3 Å². The first-order chi connectivity index (χ1) is 25.8. The van der Waals surface area contributed by atoms with Crippen molar-refractivity contribution >= 4 is 80.0 Å². The first-order valence-corrected chi connectivity index (χ1v) is 26.5. The molecule has 2 aliphatic heterocycles. The number of carbonyl (C=O) groups excluding carboxylic acids is 1. The number of aromatic nitrogens is 1. The lowest BCUT2D eigenvalue weighted by Crippen LogP contribution is -2.56. The SMILES string of the molecule is CCCCC(CC)C[Si]1(CC(CC)CCCC)c2cc(C)sc2-c2sc(-c3sc(C)c4nc(C(=O)OCCCCCCCCOCC5CO5)sc34)cc21. The van der Waals surface area contributed by atoms with Gasteiger partial charge in [-0.25, -0.2) is 9.78 Å². The fourth-order valence-corrected chi connectivity index (χ4v) is 21.2. The maximum atomic E-state index is 13.2. The monoisotopic (exact) mass is 813 g/mol. The summed E-state index contributed by atoms with van der Waals surface area (Å²) in [6, 6.07) is 8.04. The summed E-state index contributed by atoms with van der Waals surface area (Å²) in [7, 11) is -2.01. The third-order valence-corrected chi connectivity index (χ3v) is 22.2. The minimum absolute atomic E-state index is 0.271. The number of esters is 1. The van der Waals surface area contributed by atoms with Crippen LogP contribution in [0.25, 0.3) is 29.7 Å². The highest BCUT2D eigenvalue weighted by Crippen LogP contribution is 2.50. The summed E-state index contributed by atoms with van der Waals surface area (Å²) in [5, 5.41) is 3.98. The average molecular weight is 814 g/mol. The van der Waals surface area contributed by atoms with E-state index in [1.165, 1.54) is 107 Å². The van der Waals surface area contributed by atoms with Crippen LogP contribution in [0.4, 0.5) is 0 Å². The van der Waals surface area contributed by atoms with E-state index in [0.717, 1.165) is 67.6 Å². The molecule has 6 heterocycles. The van der Waals surface area contributed by atoms with Gasteiger partial charge in [0.05, 0.1) is 34.9 Å². The van der Waals surface area contributed by atoms with E-state index < -0.39 is 8.07 Å². The van der Waals surface area contributed by atoms with E-state index in [0.29, 0.717) is 17.7 Å². The van der Waals surface area contributed by atoms with Gasteiger partial charge in [0.2, 0.25) is 5.01 Å². The van der Waals surface area contributed by atoms with Crippen molar-refractivity contribution in [1.82, 2.24) is 4.98 Å². The molecule has 0 aliphatic carbocycles. The van der Waals surface area contributed by atoms with Crippen LogP contribution in [0.5, 0.6) is 0 Å². The number of fused-ring (bicyclic) bond motifs is 4. The third kappa shape index (κ3) is 9.95. The largest absolute Gasteiger partial charge is 0.460 e. The van der Waals surface area contributed by atoms with Crippen molar-refractivity contribution in [3.63, 3.8) is 0 Å². The third-order valence-electron chi connectivity index (χ3n) is 11.6. The Morgan fingerprint density at radius 1 is 0.811 bits per heavy atom. The van der Waals surface area contributed by atoms with Crippen molar-refractivity contribution < 1.29 is 19.0 Å². The topological polar surface area (TPSA) is 61.0 Å². The number of hydrogen-bond donors (Lipinski definition) is 0. The number of ether oxygens (including phenoxy) is 3. The van der Waals surface area contributed by atoms with Crippen molar-refractivity contribution in [1.29, 1.82) is 0 Å². The molecule has 1 fully saturated rings. The van der Waals surface area contributed by atoms with E-state index >= 15 is 0 Å². The van der Waals surface area contributed by atoms with Crippen LogP contribution in [0.1, 0.15) is 137 Å². The zero-order valence-electron chi connectivity index (χ0n) is 33.2. The highest BCUT2D eigenvalue weighted by molar-refractivity contribution is 7.33. The number of aryl methyl sites for hydroxylation is 2. The molecule has 10 heteroatoms. The molecule has 2 aliphatic rings. The van der Waals surface area contributed by atoms with Crippen LogP contribution in [0.2, 0.25) is 12.1 Å². The van der Waals surface area contributed by atoms with Gasteiger partial charge in [0, 0.05) is 31.0 Å². The summed E-state index contributed by atoms with van der Waals surface area (Å²) in [6.07, 6.45) is 17.5. The van der Waals surface area contributed by atoms with Crippen molar-refractivity contribution in [2.45, 2.75) is 150 Å². The standard InChI is InChI=1S/C43H63NO4S4Si/c1-7-11-19-31(9-3)27-53(28-32(10-4)20-12-8-2)35-23-29(5)49-39(35)40-36(53)24-34(51-40)38-41-37(30(6)50-38)44-42(52-41)43(45)47-22-18-16-14-13-15-17-21-46-25-33-26-48-33/h23-24,31-33H,7-22,25-28H2,1-6H3. The smallest absolute Gasteiger partial charge is 0.367 e. The highest BCUT2D eigenvalue weighted by Gasteiger charge is 2.49. The second-order valence-electron chi connectivity index (χ2n) is 15.7. The number of carbonyl (C=O) groups is 1. The molecule has 6 rings (SSSR count). The van der Waals surface area contributed by atoms with Gasteiger partial charge in [-0.1, -0.05) is 105 Å². The highest BCUT2D eigenvalue weighted by atomic mass is 32.1. The number of hydrogen-bond acceptors (Lipinski definition) is 9. The molecule has 3 unspecified atom stereocenters. The molecular formula is C43H63NO4S4Si. The lowest BCUT2D eigenvalue weighted by molar-refractivity contribution is 0.0497. The Kier molecular flexibility index (Phi) is 15.3. The predicted octanol–water partition coefficient (Wildman–Crippen LogP) is 12.7. The molecule has 4 aromatic heterocycles. The van der Waals surface area contributed by atoms with Gasteiger partial charge in [-0.3, -0.25) is 0 Å². The maximum absolute atomic E-state index is 13.2. The van der Waals surface area contributed by atoms with Gasteiger partial charge in [0.15, 0.2) is 0 Å². The van der Waals surface area contributed by atoms with E-state index in [1.807, 2.05) is 34.0 Å².